The van der Waals surface area contributed by atoms with E-state index in [2.05, 4.69) is 17.2 Å². The van der Waals surface area contributed by atoms with Crippen molar-refractivity contribution in [3.8, 4) is 0 Å². The van der Waals surface area contributed by atoms with Gasteiger partial charge in [0.05, 0.1) is 11.7 Å². The smallest absolute Gasteiger partial charge is 0.263 e. The van der Waals surface area contributed by atoms with E-state index in [4.69, 9.17) is 0 Å². The van der Waals surface area contributed by atoms with Crippen molar-refractivity contribution in [2.24, 2.45) is 0 Å². The lowest BCUT2D eigenvalue weighted by Crippen LogP contribution is -2.31. The fraction of sp³-hybridized carbons (Fsp3) is 0.316. The number of hydrogen-bond acceptors (Lipinski definition) is 4. The van der Waals surface area contributed by atoms with Gasteiger partial charge in [0.2, 0.25) is 5.91 Å². The summed E-state index contributed by atoms with van der Waals surface area (Å²) in [7, 11) is 0. The summed E-state index contributed by atoms with van der Waals surface area (Å²) in [6.45, 7) is 7.68. The minimum absolute atomic E-state index is 0.171. The molecule has 6 heteroatoms. The lowest BCUT2D eigenvalue weighted by molar-refractivity contribution is -0.118. The summed E-state index contributed by atoms with van der Waals surface area (Å²) in [5.74, 6) is -0.239. The summed E-state index contributed by atoms with van der Waals surface area (Å²) in [5, 5.41) is 3.47. The number of nitrogens with one attached hydrogen (secondary N) is 1. The highest BCUT2D eigenvalue weighted by atomic mass is 32.1. The SMILES string of the molecule is CCc1ccc(NC(=O)[C@@H](C)n2cnc3sc(C)c(C)c3c2=O)cc1. The number of aromatic nitrogens is 2. The van der Waals surface area contributed by atoms with Crippen LogP contribution in [0.5, 0.6) is 0 Å². The standard InChI is InChI=1S/C19H21N3O2S/c1-5-14-6-8-15(9-7-14)21-17(23)12(3)22-10-20-18-16(19(22)24)11(2)13(4)25-18/h6-10,12H,5H2,1-4H3,(H,21,23)/t12-/m1/s1. The Hall–Kier alpha value is -2.47. The van der Waals surface area contributed by atoms with Gasteiger partial charge in [-0.3, -0.25) is 14.2 Å². The van der Waals surface area contributed by atoms with Gasteiger partial charge in [-0.15, -0.1) is 11.3 Å². The molecule has 3 aromatic rings. The number of rotatable bonds is 4. The van der Waals surface area contributed by atoms with E-state index in [-0.39, 0.29) is 11.5 Å². The Kier molecular flexibility index (Phi) is 4.72. The van der Waals surface area contributed by atoms with Crippen LogP contribution in [0, 0.1) is 13.8 Å². The summed E-state index contributed by atoms with van der Waals surface area (Å²) >= 11 is 1.50. The molecule has 0 saturated carbocycles. The van der Waals surface area contributed by atoms with Crippen molar-refractivity contribution in [1.29, 1.82) is 0 Å². The number of carbonyl (C=O) groups excluding carboxylic acids is 1. The summed E-state index contributed by atoms with van der Waals surface area (Å²) in [5.41, 5.74) is 2.70. The molecular formula is C19H21N3O2S. The molecule has 25 heavy (non-hydrogen) atoms. The largest absolute Gasteiger partial charge is 0.324 e. The van der Waals surface area contributed by atoms with Gasteiger partial charge in [-0.2, -0.15) is 0 Å². The molecule has 1 N–H and O–H groups in total. The Bertz CT molecular complexity index is 986. The fourth-order valence-corrected chi connectivity index (χ4v) is 3.71. The summed E-state index contributed by atoms with van der Waals surface area (Å²) in [6.07, 6.45) is 2.41. The lowest BCUT2D eigenvalue weighted by atomic mass is 10.1. The average Bonchev–Trinajstić information content (AvgIpc) is 2.90. The zero-order valence-electron chi connectivity index (χ0n) is 14.8. The second kappa shape index (κ2) is 6.80. The van der Waals surface area contributed by atoms with Gasteiger partial charge in [-0.05, 0) is 50.5 Å². The van der Waals surface area contributed by atoms with Crippen LogP contribution in [0.3, 0.4) is 0 Å². The number of nitrogens with zero attached hydrogens (tertiary/aromatic N) is 2. The van der Waals surface area contributed by atoms with Crippen molar-refractivity contribution in [3.05, 3.63) is 57.0 Å². The van der Waals surface area contributed by atoms with Crippen LogP contribution in [0.4, 0.5) is 5.69 Å². The van der Waals surface area contributed by atoms with Crippen LogP contribution in [-0.2, 0) is 11.2 Å². The first kappa shape index (κ1) is 17.4. The number of thiophene rings is 1. The molecule has 0 bridgehead atoms. The third kappa shape index (κ3) is 3.22. The van der Waals surface area contributed by atoms with Gasteiger partial charge >= 0.3 is 0 Å². The maximum absolute atomic E-state index is 12.8. The zero-order valence-corrected chi connectivity index (χ0v) is 15.6. The van der Waals surface area contributed by atoms with Gasteiger partial charge in [-0.25, -0.2) is 4.98 Å². The molecule has 2 heterocycles. The summed E-state index contributed by atoms with van der Waals surface area (Å²) < 4.78 is 1.40. The maximum Gasteiger partial charge on any atom is 0.263 e. The number of hydrogen-bond donors (Lipinski definition) is 1. The molecule has 130 valence electrons. The quantitative estimate of drug-likeness (QED) is 0.773. The third-order valence-corrected chi connectivity index (χ3v) is 5.66. The van der Waals surface area contributed by atoms with E-state index >= 15 is 0 Å². The Labute approximate surface area is 150 Å². The van der Waals surface area contributed by atoms with E-state index in [0.29, 0.717) is 5.39 Å². The van der Waals surface area contributed by atoms with Crippen molar-refractivity contribution >= 4 is 33.1 Å². The van der Waals surface area contributed by atoms with Crippen LogP contribution in [-0.4, -0.2) is 15.5 Å². The van der Waals surface area contributed by atoms with Crippen LogP contribution in [0.15, 0.2) is 35.4 Å². The van der Waals surface area contributed by atoms with Crippen molar-refractivity contribution < 1.29 is 4.79 Å². The molecule has 1 atom stereocenters. The predicted octanol–water partition coefficient (Wildman–Crippen LogP) is 3.84. The van der Waals surface area contributed by atoms with Gasteiger partial charge in [0.25, 0.3) is 5.56 Å². The zero-order chi connectivity index (χ0) is 18.1. The van der Waals surface area contributed by atoms with Gasteiger partial charge in [0.1, 0.15) is 10.9 Å². The molecule has 0 radical (unpaired) electrons. The number of benzene rings is 1. The maximum atomic E-state index is 12.8. The van der Waals surface area contributed by atoms with Crippen LogP contribution >= 0.6 is 11.3 Å². The van der Waals surface area contributed by atoms with Crippen LogP contribution in [0.1, 0.15) is 35.9 Å². The molecule has 1 aromatic carbocycles. The molecule has 0 spiro atoms. The summed E-state index contributed by atoms with van der Waals surface area (Å²) in [6, 6.07) is 7.07. The van der Waals surface area contributed by atoms with Crippen molar-refractivity contribution in [3.63, 3.8) is 0 Å². The van der Waals surface area contributed by atoms with Crippen LogP contribution in [0.2, 0.25) is 0 Å². The van der Waals surface area contributed by atoms with Gasteiger partial charge in [-0.1, -0.05) is 19.1 Å². The summed E-state index contributed by atoms with van der Waals surface area (Å²) in [4.78, 5) is 31.5. The van der Waals surface area contributed by atoms with E-state index < -0.39 is 6.04 Å². The molecule has 0 aliphatic rings. The molecule has 0 aliphatic heterocycles. The Morgan fingerprint density at radius 2 is 1.96 bits per heavy atom. The van der Waals surface area contributed by atoms with Crippen molar-refractivity contribution in [1.82, 2.24) is 9.55 Å². The van der Waals surface area contributed by atoms with E-state index in [1.807, 2.05) is 38.1 Å². The Morgan fingerprint density at radius 3 is 2.60 bits per heavy atom. The normalized spacial score (nSPS) is 12.3. The van der Waals surface area contributed by atoms with Gasteiger partial charge in [0.15, 0.2) is 0 Å². The lowest BCUT2D eigenvalue weighted by Gasteiger charge is -2.15. The van der Waals surface area contributed by atoms with E-state index in [1.165, 1.54) is 27.8 Å². The van der Waals surface area contributed by atoms with Crippen molar-refractivity contribution in [2.75, 3.05) is 5.32 Å². The molecule has 1 amide bonds. The second-order valence-electron chi connectivity index (χ2n) is 6.14. The molecule has 0 unspecified atom stereocenters. The van der Waals surface area contributed by atoms with Gasteiger partial charge < -0.3 is 5.32 Å². The molecular weight excluding hydrogens is 334 g/mol. The highest BCUT2D eigenvalue weighted by Crippen LogP contribution is 2.26. The Morgan fingerprint density at radius 1 is 1.28 bits per heavy atom. The first-order valence-corrected chi connectivity index (χ1v) is 9.10. The molecule has 0 fully saturated rings. The number of amides is 1. The molecule has 3 rings (SSSR count). The number of fused-ring (bicyclic) bond motifs is 1. The number of carbonyl (C=O) groups is 1. The Balaban J connectivity index is 1.89. The van der Waals surface area contributed by atoms with Crippen LogP contribution in [0.25, 0.3) is 10.2 Å². The molecule has 5 nitrogen and oxygen atoms in total. The monoisotopic (exact) mass is 355 g/mol. The third-order valence-electron chi connectivity index (χ3n) is 4.54. The molecule has 0 aliphatic carbocycles. The fourth-order valence-electron chi connectivity index (χ4n) is 2.72. The topological polar surface area (TPSA) is 64.0 Å². The van der Waals surface area contributed by atoms with E-state index in [9.17, 15) is 9.59 Å². The average molecular weight is 355 g/mol. The highest BCUT2D eigenvalue weighted by Gasteiger charge is 2.20. The minimum Gasteiger partial charge on any atom is -0.324 e. The molecule has 2 aromatic heterocycles. The second-order valence-corrected chi connectivity index (χ2v) is 7.34. The van der Waals surface area contributed by atoms with E-state index in [1.54, 1.807) is 6.92 Å². The first-order chi connectivity index (χ1) is 11.9. The highest BCUT2D eigenvalue weighted by molar-refractivity contribution is 7.18. The first-order valence-electron chi connectivity index (χ1n) is 8.29. The van der Waals surface area contributed by atoms with Gasteiger partial charge in [0, 0.05) is 10.6 Å². The number of aryl methyl sites for hydroxylation is 3. The van der Waals surface area contributed by atoms with E-state index in [0.717, 1.165) is 27.4 Å². The van der Waals surface area contributed by atoms with Crippen LogP contribution < -0.4 is 10.9 Å². The number of anilines is 1. The van der Waals surface area contributed by atoms with Crippen molar-refractivity contribution in [2.45, 2.75) is 40.2 Å². The minimum atomic E-state index is -0.644. The molecule has 0 saturated heterocycles. The predicted molar refractivity (Wildman–Crippen MR) is 103 cm³/mol.